The van der Waals surface area contributed by atoms with Crippen LogP contribution in [0, 0.1) is 0 Å². The van der Waals surface area contributed by atoms with E-state index in [1.165, 1.54) is 44.9 Å². The third-order valence-electron chi connectivity index (χ3n) is 2.73. The monoisotopic (exact) mass is 182 g/mol. The van der Waals surface area contributed by atoms with E-state index in [4.69, 9.17) is 0 Å². The van der Waals surface area contributed by atoms with Crippen LogP contribution in [-0.2, 0) is 0 Å². The molecule has 76 valence electrons. The summed E-state index contributed by atoms with van der Waals surface area (Å²) in [7, 11) is 0. The predicted molar refractivity (Wildman–Crippen MR) is 56.7 cm³/mol. The van der Waals surface area contributed by atoms with Gasteiger partial charge in [-0.25, -0.2) is 0 Å². The Hall–Kier alpha value is -0.300. The molecule has 1 rings (SSSR count). The quantitative estimate of drug-likeness (QED) is 0.569. The first-order chi connectivity index (χ1) is 6.39. The van der Waals surface area contributed by atoms with Gasteiger partial charge in [-0.1, -0.05) is 50.7 Å². The Morgan fingerprint density at radius 1 is 0.846 bits per heavy atom. The normalized spacial score (nSPS) is 30.1. The van der Waals surface area contributed by atoms with Crippen molar-refractivity contribution in [2.45, 2.75) is 63.9 Å². The first-order valence-electron chi connectivity index (χ1n) is 5.74. The number of aliphatic hydroxyl groups is 1. The van der Waals surface area contributed by atoms with E-state index < -0.39 is 0 Å². The summed E-state index contributed by atoms with van der Waals surface area (Å²) < 4.78 is 0. The maximum absolute atomic E-state index is 9.51. The van der Waals surface area contributed by atoms with Gasteiger partial charge in [-0.15, -0.1) is 0 Å². The standard InChI is InChI=1S/C12H22O/c13-12-10-8-6-4-2-1-3-5-7-9-11-12/h8,10,12-13H,1-7,9,11H2/b10-8+/t12-/m1/s1. The number of allylic oxidation sites excluding steroid dienone is 1. The third-order valence-corrected chi connectivity index (χ3v) is 2.73. The molecule has 1 atom stereocenters. The van der Waals surface area contributed by atoms with Crippen LogP contribution in [0.2, 0.25) is 0 Å². The Balaban J connectivity index is 2.22. The highest BCUT2D eigenvalue weighted by molar-refractivity contribution is 4.88. The molecule has 1 nitrogen and oxygen atoms in total. The zero-order chi connectivity index (χ0) is 9.36. The van der Waals surface area contributed by atoms with Gasteiger partial charge < -0.3 is 5.11 Å². The third kappa shape index (κ3) is 5.87. The van der Waals surface area contributed by atoms with Crippen LogP contribution in [0.3, 0.4) is 0 Å². The Bertz CT molecular complexity index is 140. The SMILES string of the molecule is O[C@@H]1/C=C/CCCCCCCCC1. The lowest BCUT2D eigenvalue weighted by Gasteiger charge is -2.07. The second-order valence-corrected chi connectivity index (χ2v) is 4.05. The van der Waals surface area contributed by atoms with Crippen molar-refractivity contribution in [1.29, 1.82) is 0 Å². The molecule has 0 aromatic carbocycles. The molecule has 0 saturated heterocycles. The van der Waals surface area contributed by atoms with Crippen LogP contribution >= 0.6 is 0 Å². The summed E-state index contributed by atoms with van der Waals surface area (Å²) >= 11 is 0. The maximum Gasteiger partial charge on any atom is 0.0720 e. The van der Waals surface area contributed by atoms with Crippen LogP contribution in [0.25, 0.3) is 0 Å². The highest BCUT2D eigenvalue weighted by Gasteiger charge is 1.99. The van der Waals surface area contributed by atoms with Crippen LogP contribution < -0.4 is 0 Å². The lowest BCUT2D eigenvalue weighted by molar-refractivity contribution is 0.207. The molecule has 1 aliphatic rings. The van der Waals surface area contributed by atoms with Crippen LogP contribution in [0.1, 0.15) is 57.8 Å². The molecule has 1 aliphatic carbocycles. The van der Waals surface area contributed by atoms with E-state index in [2.05, 4.69) is 6.08 Å². The highest BCUT2D eigenvalue weighted by Crippen LogP contribution is 2.13. The molecule has 13 heavy (non-hydrogen) atoms. The van der Waals surface area contributed by atoms with Crippen molar-refractivity contribution < 1.29 is 5.11 Å². The molecule has 0 saturated carbocycles. The molecule has 0 unspecified atom stereocenters. The largest absolute Gasteiger partial charge is 0.389 e. The highest BCUT2D eigenvalue weighted by atomic mass is 16.3. The van der Waals surface area contributed by atoms with Crippen molar-refractivity contribution in [2.24, 2.45) is 0 Å². The zero-order valence-corrected chi connectivity index (χ0v) is 8.54. The molecule has 0 amide bonds. The van der Waals surface area contributed by atoms with Gasteiger partial charge in [0, 0.05) is 0 Å². The molecular formula is C12H22O. The topological polar surface area (TPSA) is 20.2 Å². The lowest BCUT2D eigenvalue weighted by atomic mass is 10.0. The van der Waals surface area contributed by atoms with Gasteiger partial charge >= 0.3 is 0 Å². The van der Waals surface area contributed by atoms with E-state index in [9.17, 15) is 5.11 Å². The molecule has 0 aromatic heterocycles. The van der Waals surface area contributed by atoms with Gasteiger partial charge in [-0.2, -0.15) is 0 Å². The second kappa shape index (κ2) is 7.14. The molecule has 0 spiro atoms. The summed E-state index contributed by atoms with van der Waals surface area (Å²) in [5.74, 6) is 0. The Morgan fingerprint density at radius 2 is 1.46 bits per heavy atom. The van der Waals surface area contributed by atoms with Crippen molar-refractivity contribution >= 4 is 0 Å². The molecule has 0 radical (unpaired) electrons. The fourth-order valence-electron chi connectivity index (χ4n) is 1.85. The zero-order valence-electron chi connectivity index (χ0n) is 8.54. The molecule has 0 aromatic rings. The molecule has 0 heterocycles. The summed E-state index contributed by atoms with van der Waals surface area (Å²) in [5, 5.41) is 9.51. The van der Waals surface area contributed by atoms with Crippen LogP contribution in [0.15, 0.2) is 12.2 Å². The minimum atomic E-state index is -0.181. The number of aliphatic hydroxyl groups excluding tert-OH is 1. The van der Waals surface area contributed by atoms with Gasteiger partial charge in [0.15, 0.2) is 0 Å². The summed E-state index contributed by atoms with van der Waals surface area (Å²) in [4.78, 5) is 0. The van der Waals surface area contributed by atoms with E-state index >= 15 is 0 Å². The van der Waals surface area contributed by atoms with E-state index in [1.807, 2.05) is 6.08 Å². The number of hydrogen-bond acceptors (Lipinski definition) is 1. The van der Waals surface area contributed by atoms with Crippen LogP contribution in [-0.4, -0.2) is 11.2 Å². The molecule has 0 fully saturated rings. The number of hydrogen-bond donors (Lipinski definition) is 1. The smallest absolute Gasteiger partial charge is 0.0720 e. The van der Waals surface area contributed by atoms with E-state index in [1.54, 1.807) is 0 Å². The van der Waals surface area contributed by atoms with E-state index in [0.717, 1.165) is 12.8 Å². The van der Waals surface area contributed by atoms with Crippen molar-refractivity contribution in [3.8, 4) is 0 Å². The predicted octanol–water partition coefficient (Wildman–Crippen LogP) is 3.43. The van der Waals surface area contributed by atoms with Crippen molar-refractivity contribution in [3.63, 3.8) is 0 Å². The van der Waals surface area contributed by atoms with Gasteiger partial charge in [0.1, 0.15) is 0 Å². The number of rotatable bonds is 0. The summed E-state index contributed by atoms with van der Waals surface area (Å²) in [5.41, 5.74) is 0. The lowest BCUT2D eigenvalue weighted by Crippen LogP contribution is -2.01. The van der Waals surface area contributed by atoms with Gasteiger partial charge in [-0.05, 0) is 19.3 Å². The van der Waals surface area contributed by atoms with Crippen LogP contribution in [0.4, 0.5) is 0 Å². The van der Waals surface area contributed by atoms with Gasteiger partial charge in [0.05, 0.1) is 6.10 Å². The first-order valence-corrected chi connectivity index (χ1v) is 5.74. The van der Waals surface area contributed by atoms with Crippen LogP contribution in [0.5, 0.6) is 0 Å². The van der Waals surface area contributed by atoms with Crippen molar-refractivity contribution in [1.82, 2.24) is 0 Å². The fraction of sp³-hybridized carbons (Fsp3) is 0.833. The summed E-state index contributed by atoms with van der Waals surface area (Å²) in [6.07, 6.45) is 15.3. The van der Waals surface area contributed by atoms with Crippen molar-refractivity contribution in [2.75, 3.05) is 0 Å². The molecule has 1 heteroatoms. The Kier molecular flexibility index (Phi) is 5.92. The minimum absolute atomic E-state index is 0.181. The second-order valence-electron chi connectivity index (χ2n) is 4.05. The summed E-state index contributed by atoms with van der Waals surface area (Å²) in [6, 6.07) is 0. The van der Waals surface area contributed by atoms with Gasteiger partial charge in [-0.3, -0.25) is 0 Å². The first kappa shape index (κ1) is 10.8. The average Bonchev–Trinajstić information content (AvgIpc) is 2.11. The Labute approximate surface area is 81.9 Å². The maximum atomic E-state index is 9.51. The molecular weight excluding hydrogens is 160 g/mol. The van der Waals surface area contributed by atoms with Gasteiger partial charge in [0.2, 0.25) is 0 Å². The molecule has 1 N–H and O–H groups in total. The van der Waals surface area contributed by atoms with Crippen molar-refractivity contribution in [3.05, 3.63) is 12.2 Å². The average molecular weight is 182 g/mol. The van der Waals surface area contributed by atoms with E-state index in [-0.39, 0.29) is 6.10 Å². The van der Waals surface area contributed by atoms with E-state index in [0.29, 0.717) is 0 Å². The molecule has 0 aliphatic heterocycles. The molecule has 0 bridgehead atoms. The fourth-order valence-corrected chi connectivity index (χ4v) is 1.85. The van der Waals surface area contributed by atoms with Gasteiger partial charge in [0.25, 0.3) is 0 Å². The Morgan fingerprint density at radius 3 is 2.23 bits per heavy atom. The minimum Gasteiger partial charge on any atom is -0.389 e. The summed E-state index contributed by atoms with van der Waals surface area (Å²) in [6.45, 7) is 0.